The van der Waals surface area contributed by atoms with Gasteiger partial charge in [0.05, 0.1) is 27.0 Å². The first-order chi connectivity index (χ1) is 13.7. The molecule has 0 aliphatic carbocycles. The summed E-state index contributed by atoms with van der Waals surface area (Å²) >= 11 is 0. The highest BCUT2D eigenvalue weighted by Gasteiger charge is 2.06. The summed E-state index contributed by atoms with van der Waals surface area (Å²) in [6, 6.07) is 15.4. The van der Waals surface area contributed by atoms with Crippen LogP contribution in [0.2, 0.25) is 0 Å². The largest absolute Gasteiger partial charge is 0.495 e. The lowest BCUT2D eigenvalue weighted by Gasteiger charge is -2.12. The zero-order chi connectivity index (χ0) is 19.8. The van der Waals surface area contributed by atoms with E-state index in [1.165, 1.54) is 0 Å². The number of methoxy groups -OCH3 is 3. The van der Waals surface area contributed by atoms with Crippen molar-refractivity contribution in [2.45, 2.75) is 6.42 Å². The molecule has 0 amide bonds. The predicted octanol–water partition coefficient (Wildman–Crippen LogP) is 3.90. The van der Waals surface area contributed by atoms with Crippen LogP contribution < -0.4 is 24.8 Å². The van der Waals surface area contributed by atoms with Crippen molar-refractivity contribution in [3.8, 4) is 17.2 Å². The van der Waals surface area contributed by atoms with Crippen LogP contribution in [-0.4, -0.2) is 37.8 Å². The van der Waals surface area contributed by atoms with Gasteiger partial charge in [-0.15, -0.1) is 0 Å². The Labute approximate surface area is 164 Å². The third-order valence-electron chi connectivity index (χ3n) is 4.18. The summed E-state index contributed by atoms with van der Waals surface area (Å²) in [4.78, 5) is 8.77. The minimum absolute atomic E-state index is 0.501. The zero-order valence-electron chi connectivity index (χ0n) is 16.2. The number of para-hydroxylation sites is 2. The normalized spacial score (nSPS) is 10.2. The number of hydrogen-bond acceptors (Lipinski definition) is 7. The highest BCUT2D eigenvalue weighted by Crippen LogP contribution is 2.28. The Morgan fingerprint density at radius 2 is 1.64 bits per heavy atom. The van der Waals surface area contributed by atoms with Crippen LogP contribution in [0.1, 0.15) is 5.56 Å². The van der Waals surface area contributed by atoms with Crippen LogP contribution in [-0.2, 0) is 6.42 Å². The second-order valence-electron chi connectivity index (χ2n) is 5.96. The highest BCUT2D eigenvalue weighted by atomic mass is 16.5. The molecule has 1 aromatic heterocycles. The maximum atomic E-state index is 5.35. The molecule has 0 saturated heterocycles. The van der Waals surface area contributed by atoms with E-state index >= 15 is 0 Å². The molecule has 0 atom stereocenters. The van der Waals surface area contributed by atoms with E-state index in [0.29, 0.717) is 5.95 Å². The van der Waals surface area contributed by atoms with Crippen molar-refractivity contribution in [1.82, 2.24) is 9.97 Å². The van der Waals surface area contributed by atoms with Crippen molar-refractivity contribution in [1.29, 1.82) is 0 Å². The number of hydrogen-bond donors (Lipinski definition) is 2. The van der Waals surface area contributed by atoms with E-state index in [-0.39, 0.29) is 0 Å². The fraction of sp³-hybridized carbons (Fsp3) is 0.238. The molecule has 146 valence electrons. The minimum atomic E-state index is 0.501. The van der Waals surface area contributed by atoms with E-state index in [1.807, 2.05) is 48.5 Å². The van der Waals surface area contributed by atoms with Gasteiger partial charge in [0.1, 0.15) is 11.6 Å². The van der Waals surface area contributed by atoms with Crippen LogP contribution in [0.4, 0.5) is 17.5 Å². The fourth-order valence-corrected chi connectivity index (χ4v) is 2.76. The smallest absolute Gasteiger partial charge is 0.229 e. The van der Waals surface area contributed by atoms with E-state index in [4.69, 9.17) is 14.2 Å². The molecule has 0 aliphatic heterocycles. The molecule has 0 fully saturated rings. The van der Waals surface area contributed by atoms with Crippen LogP contribution in [0, 0.1) is 0 Å². The van der Waals surface area contributed by atoms with Crippen molar-refractivity contribution in [3.63, 3.8) is 0 Å². The standard InChI is InChI=1S/C21H24N4O3/c1-26-17-7-5-4-6-16(17)24-21-23-13-11-20(25-21)22-12-10-15-8-9-18(27-2)19(14-15)28-3/h4-9,11,13-14H,10,12H2,1-3H3,(H2,22,23,24,25). The maximum absolute atomic E-state index is 5.35. The summed E-state index contributed by atoms with van der Waals surface area (Å²) < 4.78 is 16.0. The highest BCUT2D eigenvalue weighted by molar-refractivity contribution is 5.62. The first-order valence-corrected chi connectivity index (χ1v) is 8.91. The maximum Gasteiger partial charge on any atom is 0.229 e. The van der Waals surface area contributed by atoms with E-state index in [9.17, 15) is 0 Å². The average Bonchev–Trinajstić information content (AvgIpc) is 2.74. The van der Waals surface area contributed by atoms with Crippen LogP contribution in [0.25, 0.3) is 0 Å². The van der Waals surface area contributed by atoms with Crippen molar-refractivity contribution >= 4 is 17.5 Å². The molecule has 0 spiro atoms. The van der Waals surface area contributed by atoms with Gasteiger partial charge >= 0.3 is 0 Å². The predicted molar refractivity (Wildman–Crippen MR) is 110 cm³/mol. The van der Waals surface area contributed by atoms with Crippen molar-refractivity contribution in [3.05, 3.63) is 60.3 Å². The lowest BCUT2D eigenvalue weighted by molar-refractivity contribution is 0.354. The summed E-state index contributed by atoms with van der Waals surface area (Å²) in [5, 5.41) is 6.50. The van der Waals surface area contributed by atoms with Crippen molar-refractivity contribution < 1.29 is 14.2 Å². The quantitative estimate of drug-likeness (QED) is 0.583. The van der Waals surface area contributed by atoms with Crippen LogP contribution >= 0.6 is 0 Å². The number of nitrogens with one attached hydrogen (secondary N) is 2. The number of benzene rings is 2. The summed E-state index contributed by atoms with van der Waals surface area (Å²) in [6.07, 6.45) is 2.53. The SMILES string of the molecule is COc1ccccc1Nc1nccc(NCCc2ccc(OC)c(OC)c2)n1. The number of rotatable bonds is 9. The molecule has 0 aliphatic rings. The molecule has 3 rings (SSSR count). The molecular weight excluding hydrogens is 356 g/mol. The number of ether oxygens (including phenoxy) is 3. The molecule has 7 heteroatoms. The average molecular weight is 380 g/mol. The number of anilines is 3. The van der Waals surface area contributed by atoms with Crippen molar-refractivity contribution in [2.24, 2.45) is 0 Å². The number of aromatic nitrogens is 2. The molecular formula is C21H24N4O3. The number of nitrogens with zero attached hydrogens (tertiary/aromatic N) is 2. The second-order valence-corrected chi connectivity index (χ2v) is 5.96. The Kier molecular flexibility index (Phi) is 6.51. The van der Waals surface area contributed by atoms with Crippen LogP contribution in [0.15, 0.2) is 54.7 Å². The van der Waals surface area contributed by atoms with Crippen LogP contribution in [0.5, 0.6) is 17.2 Å². The van der Waals surface area contributed by atoms with E-state index in [0.717, 1.165) is 47.3 Å². The summed E-state index contributed by atoms with van der Waals surface area (Å²) in [6.45, 7) is 0.723. The van der Waals surface area contributed by atoms with Crippen molar-refractivity contribution in [2.75, 3.05) is 38.5 Å². The summed E-state index contributed by atoms with van der Waals surface area (Å²) in [7, 11) is 4.90. The molecule has 2 aromatic carbocycles. The molecule has 2 N–H and O–H groups in total. The summed E-state index contributed by atoms with van der Waals surface area (Å²) in [5.41, 5.74) is 1.96. The Bertz CT molecular complexity index is 918. The molecule has 7 nitrogen and oxygen atoms in total. The van der Waals surface area contributed by atoms with Gasteiger partial charge < -0.3 is 24.8 Å². The lowest BCUT2D eigenvalue weighted by Crippen LogP contribution is -2.08. The van der Waals surface area contributed by atoms with Gasteiger partial charge in [0.15, 0.2) is 11.5 Å². The van der Waals surface area contributed by atoms with E-state index in [1.54, 1.807) is 27.5 Å². The molecule has 3 aromatic rings. The fourth-order valence-electron chi connectivity index (χ4n) is 2.76. The van der Waals surface area contributed by atoms with Crippen LogP contribution in [0.3, 0.4) is 0 Å². The van der Waals surface area contributed by atoms with Gasteiger partial charge in [-0.05, 0) is 42.3 Å². The van der Waals surface area contributed by atoms with E-state index in [2.05, 4.69) is 20.6 Å². The Hall–Kier alpha value is -3.48. The molecule has 0 bridgehead atoms. The first-order valence-electron chi connectivity index (χ1n) is 8.91. The third-order valence-corrected chi connectivity index (χ3v) is 4.18. The molecule has 1 heterocycles. The molecule has 0 unspecified atom stereocenters. The van der Waals surface area contributed by atoms with Gasteiger partial charge in [0, 0.05) is 12.7 Å². The topological polar surface area (TPSA) is 77.5 Å². The third kappa shape index (κ3) is 4.82. The zero-order valence-corrected chi connectivity index (χ0v) is 16.2. The van der Waals surface area contributed by atoms with Gasteiger partial charge in [0.25, 0.3) is 0 Å². The van der Waals surface area contributed by atoms with Gasteiger partial charge in [-0.25, -0.2) is 4.98 Å². The van der Waals surface area contributed by atoms with Gasteiger partial charge in [-0.1, -0.05) is 18.2 Å². The minimum Gasteiger partial charge on any atom is -0.495 e. The second kappa shape index (κ2) is 9.45. The Balaban J connectivity index is 1.61. The monoisotopic (exact) mass is 380 g/mol. The molecule has 0 radical (unpaired) electrons. The lowest BCUT2D eigenvalue weighted by atomic mass is 10.1. The Morgan fingerprint density at radius 1 is 0.857 bits per heavy atom. The Morgan fingerprint density at radius 3 is 2.43 bits per heavy atom. The summed E-state index contributed by atoms with van der Waals surface area (Å²) in [5.74, 6) is 3.43. The molecule has 28 heavy (non-hydrogen) atoms. The van der Waals surface area contributed by atoms with Gasteiger partial charge in [-0.3, -0.25) is 0 Å². The van der Waals surface area contributed by atoms with E-state index < -0.39 is 0 Å². The first kappa shape index (κ1) is 19.3. The molecule has 0 saturated carbocycles. The van der Waals surface area contributed by atoms with Gasteiger partial charge in [-0.2, -0.15) is 4.98 Å². The van der Waals surface area contributed by atoms with Gasteiger partial charge in [0.2, 0.25) is 5.95 Å².